The van der Waals surface area contributed by atoms with Gasteiger partial charge in [0.1, 0.15) is 5.41 Å². The van der Waals surface area contributed by atoms with Gasteiger partial charge in [-0.05, 0) is 34.9 Å². The summed E-state index contributed by atoms with van der Waals surface area (Å²) in [4.78, 5) is 4.19. The molecule has 9 heteroatoms. The lowest BCUT2D eigenvalue weighted by molar-refractivity contribution is -0.183. The van der Waals surface area contributed by atoms with E-state index in [1.54, 1.807) is 24.3 Å². The van der Waals surface area contributed by atoms with Crippen LogP contribution in [-0.4, -0.2) is 31.5 Å². The van der Waals surface area contributed by atoms with Crippen molar-refractivity contribution < 1.29 is 17.6 Å². The zero-order valence-electron chi connectivity index (χ0n) is 15.0. The molecule has 0 amide bonds. The summed E-state index contributed by atoms with van der Waals surface area (Å²) in [7, 11) is 0. The lowest BCUT2D eigenvalue weighted by Gasteiger charge is -2.35. The van der Waals surface area contributed by atoms with Crippen molar-refractivity contribution in [3.05, 3.63) is 69.2 Å². The minimum Gasteiger partial charge on any atom is -0.310 e. The molecule has 1 atom stereocenters. The monoisotopic (exact) mass is 466 g/mol. The molecule has 2 aliphatic rings. The van der Waals surface area contributed by atoms with Crippen LogP contribution < -0.4 is 5.32 Å². The van der Waals surface area contributed by atoms with E-state index in [-0.39, 0.29) is 47.5 Å². The lowest BCUT2D eigenvalue weighted by atomic mass is 9.76. The quantitative estimate of drug-likeness (QED) is 0.561. The van der Waals surface area contributed by atoms with Gasteiger partial charge in [-0.2, -0.15) is 13.2 Å². The van der Waals surface area contributed by atoms with Crippen molar-refractivity contribution in [3.8, 4) is 0 Å². The summed E-state index contributed by atoms with van der Waals surface area (Å²) in [6.07, 6.45) is -4.86. The van der Waals surface area contributed by atoms with Gasteiger partial charge in [-0.25, -0.2) is 4.39 Å². The zero-order chi connectivity index (χ0) is 20.2. The SMILES string of the molecule is Cl.FC1(c2ccc(C3=NCC(c4cc(Cl)cc(Cl)c4)(C(F)(F)F)C3)cc2)CNC1. The van der Waals surface area contributed by atoms with Gasteiger partial charge in [0.15, 0.2) is 5.67 Å². The second kappa shape index (κ2) is 7.73. The molecule has 29 heavy (non-hydrogen) atoms. The third-order valence-corrected chi connectivity index (χ3v) is 5.95. The van der Waals surface area contributed by atoms with Crippen LogP contribution in [0.1, 0.15) is 23.1 Å². The smallest absolute Gasteiger partial charge is 0.310 e. The molecule has 2 nitrogen and oxygen atoms in total. The Balaban J connectivity index is 0.00000240. The van der Waals surface area contributed by atoms with Crippen LogP contribution in [-0.2, 0) is 11.1 Å². The van der Waals surface area contributed by atoms with Crippen LogP contribution in [0.3, 0.4) is 0 Å². The van der Waals surface area contributed by atoms with E-state index in [0.717, 1.165) is 0 Å². The van der Waals surface area contributed by atoms with Gasteiger partial charge < -0.3 is 5.32 Å². The molecule has 156 valence electrons. The number of aliphatic imine (C=N–C) groups is 1. The molecule has 0 bridgehead atoms. The van der Waals surface area contributed by atoms with E-state index in [1.807, 2.05) is 0 Å². The van der Waals surface area contributed by atoms with Crippen molar-refractivity contribution in [3.63, 3.8) is 0 Å². The number of benzene rings is 2. The topological polar surface area (TPSA) is 24.4 Å². The number of hydrogen-bond donors (Lipinski definition) is 1. The number of nitrogens with one attached hydrogen (secondary N) is 1. The van der Waals surface area contributed by atoms with Crippen LogP contribution in [0.5, 0.6) is 0 Å². The Bertz CT molecular complexity index is 919. The first kappa shape index (κ1) is 22.3. The molecule has 1 saturated heterocycles. The minimum atomic E-state index is -4.53. The number of halogens is 7. The molecule has 2 aliphatic heterocycles. The fourth-order valence-corrected chi connectivity index (χ4v) is 4.23. The molecule has 1 unspecified atom stereocenters. The van der Waals surface area contributed by atoms with Gasteiger partial charge in [0.25, 0.3) is 0 Å². The highest BCUT2D eigenvalue weighted by Crippen LogP contribution is 2.48. The van der Waals surface area contributed by atoms with Gasteiger partial charge in [-0.15, -0.1) is 12.4 Å². The van der Waals surface area contributed by atoms with E-state index < -0.39 is 23.8 Å². The molecule has 0 saturated carbocycles. The third-order valence-electron chi connectivity index (χ3n) is 5.51. The Hall–Kier alpha value is -1.34. The highest BCUT2D eigenvalue weighted by Gasteiger charge is 2.58. The van der Waals surface area contributed by atoms with E-state index >= 15 is 0 Å². The van der Waals surface area contributed by atoms with Crippen molar-refractivity contribution in [2.75, 3.05) is 19.6 Å². The summed E-state index contributed by atoms with van der Waals surface area (Å²) in [5.41, 5.74) is -2.20. The Kier molecular flexibility index (Phi) is 5.96. The molecule has 0 spiro atoms. The first-order chi connectivity index (χ1) is 13.1. The molecule has 4 rings (SSSR count). The number of nitrogens with zero attached hydrogens (tertiary/aromatic N) is 1. The summed E-state index contributed by atoms with van der Waals surface area (Å²) in [5, 5.41) is 3.17. The highest BCUT2D eigenvalue weighted by atomic mass is 35.5. The predicted octanol–water partition coefficient (Wildman–Crippen LogP) is 5.88. The van der Waals surface area contributed by atoms with Gasteiger partial charge in [-0.1, -0.05) is 47.5 Å². The van der Waals surface area contributed by atoms with Gasteiger partial charge in [0.2, 0.25) is 0 Å². The Morgan fingerprint density at radius 1 is 0.931 bits per heavy atom. The van der Waals surface area contributed by atoms with Crippen molar-refractivity contribution in [1.29, 1.82) is 0 Å². The fraction of sp³-hybridized carbons (Fsp3) is 0.350. The fourth-order valence-electron chi connectivity index (χ4n) is 3.71. The van der Waals surface area contributed by atoms with Gasteiger partial charge in [-0.3, -0.25) is 4.99 Å². The maximum atomic E-state index is 14.5. The van der Waals surface area contributed by atoms with Gasteiger partial charge >= 0.3 is 6.18 Å². The van der Waals surface area contributed by atoms with Gasteiger partial charge in [0.05, 0.1) is 6.54 Å². The zero-order valence-corrected chi connectivity index (χ0v) is 17.3. The Labute approximate surface area is 181 Å². The number of rotatable bonds is 3. The summed E-state index contributed by atoms with van der Waals surface area (Å²) in [5.74, 6) is 0. The maximum Gasteiger partial charge on any atom is 0.400 e. The molecule has 0 aromatic heterocycles. The van der Waals surface area contributed by atoms with Crippen LogP contribution in [0, 0.1) is 0 Å². The van der Waals surface area contributed by atoms with E-state index in [1.165, 1.54) is 18.2 Å². The average molecular weight is 468 g/mol. The van der Waals surface area contributed by atoms with Crippen LogP contribution >= 0.6 is 35.6 Å². The predicted molar refractivity (Wildman–Crippen MR) is 110 cm³/mol. The molecule has 0 radical (unpaired) electrons. The molecule has 2 heterocycles. The van der Waals surface area contributed by atoms with Gasteiger partial charge in [0, 0.05) is 35.3 Å². The molecule has 0 aliphatic carbocycles. The van der Waals surface area contributed by atoms with Crippen molar-refractivity contribution in [1.82, 2.24) is 5.32 Å². The largest absolute Gasteiger partial charge is 0.400 e. The second-order valence-electron chi connectivity index (χ2n) is 7.32. The number of alkyl halides is 4. The van der Waals surface area contributed by atoms with Crippen LogP contribution in [0.15, 0.2) is 47.5 Å². The average Bonchev–Trinajstić information content (AvgIpc) is 3.06. The number of hydrogen-bond acceptors (Lipinski definition) is 2. The summed E-state index contributed by atoms with van der Waals surface area (Å²) in [6, 6.07) is 10.5. The Morgan fingerprint density at radius 2 is 1.52 bits per heavy atom. The Morgan fingerprint density at radius 3 is 2.00 bits per heavy atom. The van der Waals surface area contributed by atoms with Crippen LogP contribution in [0.2, 0.25) is 10.0 Å². The molecular weight excluding hydrogens is 451 g/mol. The normalized spacial score (nSPS) is 23.2. The molecular formula is C20H17Cl3F4N2. The molecule has 2 aromatic rings. The van der Waals surface area contributed by atoms with E-state index in [4.69, 9.17) is 23.2 Å². The van der Waals surface area contributed by atoms with Crippen molar-refractivity contribution >= 4 is 41.3 Å². The first-order valence-corrected chi connectivity index (χ1v) is 9.46. The minimum absolute atomic E-state index is 0. The van der Waals surface area contributed by atoms with E-state index in [9.17, 15) is 17.6 Å². The van der Waals surface area contributed by atoms with Crippen molar-refractivity contribution in [2.24, 2.45) is 4.99 Å². The second-order valence-corrected chi connectivity index (χ2v) is 8.20. The molecule has 1 N–H and O–H groups in total. The standard InChI is InChI=1S/C20H16Cl2F4N2.ClH/c21-15-5-14(6-16(22)7-15)18(20(24,25)26)8-17(28-9-18)12-1-3-13(4-2-12)19(23)10-27-11-19;/h1-7,27H,8-11H2;1H. The van der Waals surface area contributed by atoms with Crippen LogP contribution in [0.25, 0.3) is 0 Å². The van der Waals surface area contributed by atoms with Crippen LogP contribution in [0.4, 0.5) is 17.6 Å². The summed E-state index contributed by atoms with van der Waals surface area (Å²) in [6.45, 7) is 0.0290. The third kappa shape index (κ3) is 3.88. The lowest BCUT2D eigenvalue weighted by Crippen LogP contribution is -2.53. The first-order valence-electron chi connectivity index (χ1n) is 8.70. The highest BCUT2D eigenvalue weighted by molar-refractivity contribution is 6.34. The summed E-state index contributed by atoms with van der Waals surface area (Å²) < 4.78 is 56.8. The summed E-state index contributed by atoms with van der Waals surface area (Å²) >= 11 is 11.9. The van der Waals surface area contributed by atoms with E-state index in [0.29, 0.717) is 16.8 Å². The van der Waals surface area contributed by atoms with Crippen molar-refractivity contribution in [2.45, 2.75) is 23.7 Å². The molecule has 1 fully saturated rings. The maximum absolute atomic E-state index is 14.5. The van der Waals surface area contributed by atoms with E-state index in [2.05, 4.69) is 10.3 Å². The molecule has 2 aromatic carbocycles.